The van der Waals surface area contributed by atoms with E-state index in [1.165, 1.54) is 6.07 Å². The summed E-state index contributed by atoms with van der Waals surface area (Å²) in [4.78, 5) is 23.3. The van der Waals surface area contributed by atoms with Gasteiger partial charge in [-0.1, -0.05) is 11.6 Å². The highest BCUT2D eigenvalue weighted by molar-refractivity contribution is 7.92. The number of nitrogens with one attached hydrogen (secondary N) is 1. The second-order valence-corrected chi connectivity index (χ2v) is 8.22. The van der Waals surface area contributed by atoms with Gasteiger partial charge in [-0.3, -0.25) is 14.8 Å². The summed E-state index contributed by atoms with van der Waals surface area (Å²) in [6, 6.07) is 2.86. The number of aromatic nitrogens is 2. The van der Waals surface area contributed by atoms with Crippen molar-refractivity contribution < 1.29 is 13.3 Å². The second-order valence-electron chi connectivity index (χ2n) is 6.11. The van der Waals surface area contributed by atoms with E-state index in [9.17, 15) is 18.5 Å². The van der Waals surface area contributed by atoms with Gasteiger partial charge in [-0.25, -0.2) is 18.4 Å². The number of piperazine rings is 1. The Labute approximate surface area is 155 Å². The molecule has 12 heteroatoms. The van der Waals surface area contributed by atoms with Crippen LogP contribution in [0, 0.1) is 10.1 Å². The minimum Gasteiger partial charge on any atom is -0.363 e. The van der Waals surface area contributed by atoms with Gasteiger partial charge in [-0.15, -0.1) is 0 Å². The van der Waals surface area contributed by atoms with Crippen LogP contribution in [0.1, 0.15) is 0 Å². The van der Waals surface area contributed by atoms with E-state index in [1.807, 2.05) is 11.9 Å². The number of likely N-dealkylation sites (N-methyl/N-ethyl adjacent to an activating group) is 1. The lowest BCUT2D eigenvalue weighted by Crippen LogP contribution is -2.44. The van der Waals surface area contributed by atoms with Crippen LogP contribution in [0.3, 0.4) is 0 Å². The zero-order chi connectivity index (χ0) is 19.1. The maximum Gasteiger partial charge on any atom is 0.294 e. The predicted octanol–water partition coefficient (Wildman–Crippen LogP) is 1.31. The number of sulfonamides is 1. The van der Waals surface area contributed by atoms with Crippen molar-refractivity contribution >= 4 is 49.9 Å². The van der Waals surface area contributed by atoms with Gasteiger partial charge >= 0.3 is 0 Å². The fourth-order valence-corrected chi connectivity index (χ4v) is 3.48. The van der Waals surface area contributed by atoms with E-state index in [0.29, 0.717) is 24.3 Å². The second kappa shape index (κ2) is 6.82. The monoisotopic (exact) mass is 400 g/mol. The molecule has 10 nitrogen and oxygen atoms in total. The molecule has 1 N–H and O–H groups in total. The van der Waals surface area contributed by atoms with Crippen LogP contribution in [-0.4, -0.2) is 67.7 Å². The number of hydrogen-bond donors (Lipinski definition) is 1. The summed E-state index contributed by atoms with van der Waals surface area (Å²) in [5.41, 5.74) is 0.882. The number of hydrogen-bond acceptors (Lipinski definition) is 8. The van der Waals surface area contributed by atoms with Gasteiger partial charge in [0.1, 0.15) is 5.69 Å². The van der Waals surface area contributed by atoms with Crippen molar-refractivity contribution in [2.45, 2.75) is 0 Å². The Balaban J connectivity index is 2.12. The van der Waals surface area contributed by atoms with Crippen LogP contribution < -0.4 is 9.62 Å². The molecule has 0 aliphatic carbocycles. The summed E-state index contributed by atoms with van der Waals surface area (Å²) in [7, 11) is -1.60. The van der Waals surface area contributed by atoms with Gasteiger partial charge in [-0.2, -0.15) is 0 Å². The number of halogens is 1. The Morgan fingerprint density at radius 2 is 1.81 bits per heavy atom. The Morgan fingerprint density at radius 1 is 1.19 bits per heavy atom. The minimum absolute atomic E-state index is 0.0868. The van der Waals surface area contributed by atoms with Crippen LogP contribution in [0.4, 0.5) is 17.2 Å². The molecule has 140 valence electrons. The molecule has 2 heterocycles. The molecule has 0 unspecified atom stereocenters. The normalized spacial score (nSPS) is 16.0. The number of benzene rings is 1. The Morgan fingerprint density at radius 3 is 2.38 bits per heavy atom. The van der Waals surface area contributed by atoms with Gasteiger partial charge in [0.2, 0.25) is 10.0 Å². The van der Waals surface area contributed by atoms with Crippen molar-refractivity contribution in [2.24, 2.45) is 0 Å². The van der Waals surface area contributed by atoms with Crippen LogP contribution in [0.25, 0.3) is 11.0 Å². The first-order chi connectivity index (χ1) is 12.1. The molecule has 2 aromatic rings. The number of nitrogens with zero attached hydrogens (tertiary/aromatic N) is 5. The van der Waals surface area contributed by atoms with Crippen LogP contribution in [0.15, 0.2) is 12.1 Å². The molecule has 1 aliphatic heterocycles. The third-order valence-corrected chi connectivity index (χ3v) is 4.87. The lowest BCUT2D eigenvalue weighted by Gasteiger charge is -2.33. The third-order valence-electron chi connectivity index (χ3n) is 4.04. The fourth-order valence-electron chi connectivity index (χ4n) is 2.75. The van der Waals surface area contributed by atoms with Crippen molar-refractivity contribution in [2.75, 3.05) is 49.1 Å². The lowest BCUT2D eigenvalue weighted by molar-refractivity contribution is -0.384. The summed E-state index contributed by atoms with van der Waals surface area (Å²) in [6.45, 7) is 2.83. The first-order valence-corrected chi connectivity index (χ1v) is 9.98. The van der Waals surface area contributed by atoms with Crippen molar-refractivity contribution in [1.29, 1.82) is 0 Å². The van der Waals surface area contributed by atoms with E-state index < -0.39 is 14.9 Å². The molecule has 3 rings (SSSR count). The van der Waals surface area contributed by atoms with Crippen molar-refractivity contribution in [3.8, 4) is 0 Å². The van der Waals surface area contributed by atoms with Crippen molar-refractivity contribution in [3.05, 3.63) is 27.4 Å². The molecule has 26 heavy (non-hydrogen) atoms. The Bertz CT molecular complexity index is 975. The summed E-state index contributed by atoms with van der Waals surface area (Å²) in [5.74, 6) is -0.111. The van der Waals surface area contributed by atoms with Crippen LogP contribution in [-0.2, 0) is 10.0 Å². The lowest BCUT2D eigenvalue weighted by atomic mass is 10.2. The number of nitro benzene ring substituents is 1. The van der Waals surface area contributed by atoms with E-state index in [1.54, 1.807) is 6.07 Å². The molecular formula is C14H17ClN6O4S. The van der Waals surface area contributed by atoms with Crippen LogP contribution in [0.5, 0.6) is 0 Å². The smallest absolute Gasteiger partial charge is 0.294 e. The van der Waals surface area contributed by atoms with E-state index >= 15 is 0 Å². The maximum absolute atomic E-state index is 11.5. The molecule has 0 bridgehead atoms. The van der Waals surface area contributed by atoms with Crippen LogP contribution in [0.2, 0.25) is 5.15 Å². The van der Waals surface area contributed by atoms with Gasteiger partial charge < -0.3 is 9.80 Å². The van der Waals surface area contributed by atoms with E-state index in [-0.39, 0.29) is 22.2 Å². The summed E-state index contributed by atoms with van der Waals surface area (Å²) in [6.07, 6.45) is 0.973. The number of nitro groups is 1. The molecule has 0 saturated carbocycles. The zero-order valence-electron chi connectivity index (χ0n) is 14.1. The van der Waals surface area contributed by atoms with Crippen molar-refractivity contribution in [1.82, 2.24) is 14.9 Å². The number of anilines is 2. The molecule has 0 radical (unpaired) electrons. The van der Waals surface area contributed by atoms with Gasteiger partial charge in [0.25, 0.3) is 5.69 Å². The highest BCUT2D eigenvalue weighted by atomic mass is 35.5. The zero-order valence-corrected chi connectivity index (χ0v) is 15.7. The predicted molar refractivity (Wildman–Crippen MR) is 99.4 cm³/mol. The van der Waals surface area contributed by atoms with E-state index in [0.717, 1.165) is 19.3 Å². The molecule has 1 saturated heterocycles. The Hall–Kier alpha value is -2.24. The van der Waals surface area contributed by atoms with Gasteiger partial charge in [0, 0.05) is 32.2 Å². The van der Waals surface area contributed by atoms with E-state index in [2.05, 4.69) is 19.6 Å². The molecule has 1 fully saturated rings. The van der Waals surface area contributed by atoms with Gasteiger partial charge in [0.15, 0.2) is 11.0 Å². The molecule has 0 atom stereocenters. The molecule has 0 spiro atoms. The first-order valence-electron chi connectivity index (χ1n) is 7.71. The fraction of sp³-hybridized carbons (Fsp3) is 0.429. The summed E-state index contributed by atoms with van der Waals surface area (Å²) >= 11 is 5.96. The van der Waals surface area contributed by atoms with E-state index in [4.69, 9.17) is 11.6 Å². The maximum atomic E-state index is 11.5. The van der Waals surface area contributed by atoms with Crippen LogP contribution >= 0.6 is 11.6 Å². The highest BCUT2D eigenvalue weighted by Crippen LogP contribution is 2.34. The number of rotatable bonds is 4. The summed E-state index contributed by atoms with van der Waals surface area (Å²) in [5, 5.41) is 11.3. The average molecular weight is 401 g/mol. The minimum atomic E-state index is -3.59. The standard InChI is InChI=1S/C14H17ClN6O4S/c1-19-3-5-20(6-4-19)11-7-10-9(8-12(11)21(22)23)16-13(15)14(17-10)18-26(2,24)25/h7-8H,3-6H2,1-2H3,(H,17,18). The highest BCUT2D eigenvalue weighted by Gasteiger charge is 2.25. The molecule has 1 aromatic heterocycles. The number of fused-ring (bicyclic) bond motifs is 1. The molecule has 0 amide bonds. The third kappa shape index (κ3) is 3.94. The molecular weight excluding hydrogens is 384 g/mol. The molecule has 1 aliphatic rings. The molecule has 1 aromatic carbocycles. The van der Waals surface area contributed by atoms with Gasteiger partial charge in [-0.05, 0) is 13.1 Å². The Kier molecular flexibility index (Phi) is 4.86. The van der Waals surface area contributed by atoms with Gasteiger partial charge in [0.05, 0.1) is 22.2 Å². The topological polar surface area (TPSA) is 122 Å². The quantitative estimate of drug-likeness (QED) is 0.602. The average Bonchev–Trinajstić information content (AvgIpc) is 2.54. The van der Waals surface area contributed by atoms with Crippen molar-refractivity contribution in [3.63, 3.8) is 0 Å². The SMILES string of the molecule is CN1CCN(c2cc3nc(NS(C)(=O)=O)c(Cl)nc3cc2[N+](=O)[O-])CC1. The first kappa shape index (κ1) is 18.5. The summed E-state index contributed by atoms with van der Waals surface area (Å²) < 4.78 is 25.1. The largest absolute Gasteiger partial charge is 0.363 e.